The van der Waals surface area contributed by atoms with Gasteiger partial charge in [-0.3, -0.25) is 24.1 Å². The molecule has 7 heteroatoms. The molecule has 2 saturated heterocycles. The summed E-state index contributed by atoms with van der Waals surface area (Å²) in [6, 6.07) is 19.1. The van der Waals surface area contributed by atoms with Crippen molar-refractivity contribution in [3.8, 4) is 0 Å². The molecule has 0 unspecified atom stereocenters. The van der Waals surface area contributed by atoms with Gasteiger partial charge in [0, 0.05) is 11.1 Å². The number of halogens is 1. The Hall–Kier alpha value is -3.97. The van der Waals surface area contributed by atoms with Gasteiger partial charge in [0.1, 0.15) is 5.82 Å². The Kier molecular flexibility index (Phi) is 4.63. The van der Waals surface area contributed by atoms with E-state index in [0.717, 1.165) is 10.5 Å². The predicted molar refractivity (Wildman–Crippen MR) is 122 cm³/mol. The third-order valence-corrected chi connectivity index (χ3v) is 7.27. The van der Waals surface area contributed by atoms with Crippen LogP contribution in [0.4, 0.5) is 4.39 Å². The first-order valence-corrected chi connectivity index (χ1v) is 11.4. The fourth-order valence-corrected chi connectivity index (χ4v) is 5.56. The third-order valence-electron chi connectivity index (χ3n) is 7.27. The molecule has 0 aromatic heterocycles. The summed E-state index contributed by atoms with van der Waals surface area (Å²) in [4.78, 5) is 55.9. The molecule has 3 aromatic rings. The Labute approximate surface area is 200 Å². The molecule has 2 heterocycles. The van der Waals surface area contributed by atoms with E-state index >= 15 is 0 Å². The van der Waals surface area contributed by atoms with E-state index in [2.05, 4.69) is 0 Å². The third kappa shape index (κ3) is 2.91. The lowest BCUT2D eigenvalue weighted by Gasteiger charge is -2.27. The molecule has 0 radical (unpaired) electrons. The first kappa shape index (κ1) is 21.6. The zero-order chi connectivity index (χ0) is 24.5. The van der Waals surface area contributed by atoms with E-state index in [0.29, 0.717) is 11.1 Å². The molecule has 1 aliphatic carbocycles. The largest absolute Gasteiger partial charge is 0.349 e. The normalized spacial score (nSPS) is 24.4. The van der Waals surface area contributed by atoms with Crippen LogP contribution < -0.4 is 0 Å². The average molecular weight is 469 g/mol. The number of ether oxygens (including phenoxy) is 1. The van der Waals surface area contributed by atoms with Crippen LogP contribution in [0.15, 0.2) is 72.8 Å². The number of carbonyl (C=O) groups excluding carboxylic acids is 4. The summed E-state index contributed by atoms with van der Waals surface area (Å²) in [5.74, 6) is -5.07. The van der Waals surface area contributed by atoms with Crippen LogP contribution in [0.2, 0.25) is 0 Å². The number of likely N-dealkylation sites (tertiary alicyclic amines) is 1. The highest BCUT2D eigenvalue weighted by atomic mass is 19.1. The van der Waals surface area contributed by atoms with Crippen LogP contribution in [0.1, 0.15) is 43.5 Å². The Bertz CT molecular complexity index is 1380. The number of rotatable bonds is 3. The first-order valence-electron chi connectivity index (χ1n) is 11.4. The van der Waals surface area contributed by atoms with Gasteiger partial charge >= 0.3 is 0 Å². The van der Waals surface area contributed by atoms with Crippen molar-refractivity contribution < 1.29 is 28.3 Å². The Balaban J connectivity index is 1.48. The summed E-state index contributed by atoms with van der Waals surface area (Å²) >= 11 is 0. The lowest BCUT2D eigenvalue weighted by Crippen LogP contribution is -2.50. The Morgan fingerprint density at radius 2 is 1.43 bits per heavy atom. The highest BCUT2D eigenvalue weighted by Crippen LogP contribution is 2.57. The van der Waals surface area contributed by atoms with E-state index < -0.39 is 52.7 Å². The quantitative estimate of drug-likeness (QED) is 0.430. The lowest BCUT2D eigenvalue weighted by atomic mass is 9.77. The van der Waals surface area contributed by atoms with Gasteiger partial charge in [0.25, 0.3) is 0 Å². The average Bonchev–Trinajstić information content (AvgIpc) is 3.42. The lowest BCUT2D eigenvalue weighted by molar-refractivity contribution is -0.145. The fraction of sp³-hybridized carbons (Fsp3) is 0.214. The number of nitrogens with zero attached hydrogens (tertiary/aromatic N) is 1. The molecule has 2 amide bonds. The zero-order valence-electron chi connectivity index (χ0n) is 18.7. The van der Waals surface area contributed by atoms with E-state index in [9.17, 15) is 23.6 Å². The Morgan fingerprint density at radius 1 is 0.829 bits per heavy atom. The van der Waals surface area contributed by atoms with Gasteiger partial charge in [0.15, 0.2) is 0 Å². The van der Waals surface area contributed by atoms with Gasteiger partial charge in [-0.25, -0.2) is 4.39 Å². The second-order valence-corrected chi connectivity index (χ2v) is 9.28. The topological polar surface area (TPSA) is 80.8 Å². The molecule has 0 N–H and O–H groups in total. The molecule has 3 atom stereocenters. The van der Waals surface area contributed by atoms with Gasteiger partial charge in [-0.2, -0.15) is 0 Å². The zero-order valence-corrected chi connectivity index (χ0v) is 18.7. The van der Waals surface area contributed by atoms with Crippen LogP contribution >= 0.6 is 0 Å². The van der Waals surface area contributed by atoms with Crippen LogP contribution in [-0.2, 0) is 20.9 Å². The van der Waals surface area contributed by atoms with E-state index in [-0.39, 0.29) is 17.7 Å². The molecular weight excluding hydrogens is 449 g/mol. The number of ketones is 2. The second-order valence-electron chi connectivity index (χ2n) is 9.28. The summed E-state index contributed by atoms with van der Waals surface area (Å²) < 4.78 is 19.6. The maximum absolute atomic E-state index is 13.7. The van der Waals surface area contributed by atoms with Crippen molar-refractivity contribution >= 4 is 23.4 Å². The predicted octanol–water partition coefficient (Wildman–Crippen LogP) is 3.82. The Morgan fingerprint density at radius 3 is 2.03 bits per heavy atom. The number of amides is 2. The van der Waals surface area contributed by atoms with Gasteiger partial charge in [0.05, 0.1) is 24.5 Å². The van der Waals surface area contributed by atoms with Crippen molar-refractivity contribution in [3.63, 3.8) is 0 Å². The number of hydrogen-bond donors (Lipinski definition) is 0. The minimum atomic E-state index is -2.09. The van der Waals surface area contributed by atoms with Crippen molar-refractivity contribution in [1.29, 1.82) is 0 Å². The van der Waals surface area contributed by atoms with Crippen molar-refractivity contribution in [1.82, 2.24) is 4.90 Å². The van der Waals surface area contributed by atoms with Crippen molar-refractivity contribution in [2.75, 3.05) is 0 Å². The molecule has 3 aliphatic rings. The molecule has 35 heavy (non-hydrogen) atoms. The van der Waals surface area contributed by atoms with Crippen LogP contribution in [0.5, 0.6) is 0 Å². The maximum atomic E-state index is 13.7. The van der Waals surface area contributed by atoms with Crippen LogP contribution in [0.3, 0.4) is 0 Å². The summed E-state index contributed by atoms with van der Waals surface area (Å²) in [7, 11) is 0. The smallest absolute Gasteiger partial charge is 0.237 e. The number of fused-ring (bicyclic) bond motifs is 3. The number of imide groups is 1. The molecule has 6 rings (SSSR count). The molecule has 3 aromatic carbocycles. The van der Waals surface area contributed by atoms with Gasteiger partial charge < -0.3 is 4.74 Å². The number of benzene rings is 3. The van der Waals surface area contributed by atoms with E-state index in [4.69, 9.17) is 4.74 Å². The number of hydrogen-bond acceptors (Lipinski definition) is 5. The SMILES string of the molecule is Cc1ccc([C@@H]2OC3(C(=O)c4ccccc4C3=O)[C@@H]3C(=O)N(Cc4ccc(F)cc4)C(=O)[C@@H]32)cc1. The summed E-state index contributed by atoms with van der Waals surface area (Å²) in [6.45, 7) is 1.83. The summed E-state index contributed by atoms with van der Waals surface area (Å²) in [6.07, 6.45) is -0.947. The summed E-state index contributed by atoms with van der Waals surface area (Å²) in [5, 5.41) is 0. The monoisotopic (exact) mass is 469 g/mol. The standard InChI is InChI=1S/C28H20FNO5/c1-15-6-10-17(11-7-15)23-21-22(27(34)30(26(21)33)14-16-8-12-18(29)13-9-16)28(35-23)24(31)19-4-2-3-5-20(19)25(28)32/h2-13,21-23H,14H2,1H3/t21-,22-,23-/m0/s1. The molecule has 2 fully saturated rings. The molecule has 0 bridgehead atoms. The van der Waals surface area contributed by atoms with Gasteiger partial charge in [-0.05, 0) is 30.2 Å². The van der Waals surface area contributed by atoms with E-state index in [1.807, 2.05) is 19.1 Å². The molecule has 0 saturated carbocycles. The van der Waals surface area contributed by atoms with Crippen molar-refractivity contribution in [3.05, 3.63) is 106 Å². The van der Waals surface area contributed by atoms with Crippen molar-refractivity contribution in [2.24, 2.45) is 11.8 Å². The maximum Gasteiger partial charge on any atom is 0.237 e. The molecule has 174 valence electrons. The molecule has 6 nitrogen and oxygen atoms in total. The minimum Gasteiger partial charge on any atom is -0.349 e. The number of Topliss-reactive ketones (excluding diaryl/α,β-unsaturated/α-hetero) is 2. The van der Waals surface area contributed by atoms with Gasteiger partial charge in [0.2, 0.25) is 29.0 Å². The van der Waals surface area contributed by atoms with E-state index in [1.54, 1.807) is 36.4 Å². The highest BCUT2D eigenvalue weighted by Gasteiger charge is 2.74. The fourth-order valence-electron chi connectivity index (χ4n) is 5.56. The second kappa shape index (κ2) is 7.52. The van der Waals surface area contributed by atoms with E-state index in [1.165, 1.54) is 24.3 Å². The van der Waals surface area contributed by atoms with Gasteiger partial charge in [-0.1, -0.05) is 66.2 Å². The minimum absolute atomic E-state index is 0.0863. The van der Waals surface area contributed by atoms with Crippen molar-refractivity contribution in [2.45, 2.75) is 25.2 Å². The molecule has 1 spiro atoms. The number of aryl methyl sites for hydroxylation is 1. The van der Waals surface area contributed by atoms with Crippen LogP contribution in [-0.4, -0.2) is 33.9 Å². The summed E-state index contributed by atoms with van der Waals surface area (Å²) in [5.41, 5.74) is 0.459. The number of carbonyl (C=O) groups is 4. The van der Waals surface area contributed by atoms with Gasteiger partial charge in [-0.15, -0.1) is 0 Å². The van der Waals surface area contributed by atoms with Crippen LogP contribution in [0, 0.1) is 24.6 Å². The molecular formula is C28H20FNO5. The molecule has 2 aliphatic heterocycles. The highest BCUT2D eigenvalue weighted by molar-refractivity contribution is 6.35. The first-order chi connectivity index (χ1) is 16.8. The van der Waals surface area contributed by atoms with Crippen LogP contribution in [0.25, 0.3) is 0 Å².